The van der Waals surface area contributed by atoms with Crippen LogP contribution in [-0.2, 0) is 0 Å². The SMILES string of the molecule is CCN(CC)c1ccc2cc(-c3nnc(Nc4ccc(F)c(Cl)c4)s3)c(=O)oc2c1. The van der Waals surface area contributed by atoms with Crippen LogP contribution < -0.4 is 15.8 Å². The fraction of sp³-hybridized carbons (Fsp3) is 0.190. The number of hydrogen-bond donors (Lipinski definition) is 1. The van der Waals surface area contributed by atoms with Gasteiger partial charge in [0.05, 0.1) is 10.6 Å². The van der Waals surface area contributed by atoms with Crippen molar-refractivity contribution in [2.24, 2.45) is 0 Å². The molecule has 2 aromatic carbocycles. The molecule has 9 heteroatoms. The monoisotopic (exact) mass is 444 g/mol. The lowest BCUT2D eigenvalue weighted by Gasteiger charge is -2.20. The molecule has 6 nitrogen and oxygen atoms in total. The summed E-state index contributed by atoms with van der Waals surface area (Å²) in [5.41, 5.74) is 1.95. The number of aromatic nitrogens is 2. The van der Waals surface area contributed by atoms with Crippen LogP contribution in [-0.4, -0.2) is 23.3 Å². The maximum absolute atomic E-state index is 13.3. The van der Waals surface area contributed by atoms with E-state index in [9.17, 15) is 9.18 Å². The Morgan fingerprint density at radius 1 is 1.13 bits per heavy atom. The van der Waals surface area contributed by atoms with E-state index in [0.717, 1.165) is 24.2 Å². The minimum absolute atomic E-state index is 0.00370. The van der Waals surface area contributed by atoms with E-state index in [0.29, 0.717) is 27.0 Å². The third-order valence-electron chi connectivity index (χ3n) is 4.67. The van der Waals surface area contributed by atoms with E-state index in [2.05, 4.69) is 34.3 Å². The summed E-state index contributed by atoms with van der Waals surface area (Å²) >= 11 is 6.99. The zero-order valence-corrected chi connectivity index (χ0v) is 17.9. The third-order valence-corrected chi connectivity index (χ3v) is 5.84. The van der Waals surface area contributed by atoms with Crippen LogP contribution >= 0.6 is 22.9 Å². The Morgan fingerprint density at radius 3 is 2.67 bits per heavy atom. The van der Waals surface area contributed by atoms with Crippen LogP contribution in [0.2, 0.25) is 5.02 Å². The Labute approximate surface area is 180 Å². The highest BCUT2D eigenvalue weighted by atomic mass is 35.5. The number of hydrogen-bond acceptors (Lipinski definition) is 7. The third kappa shape index (κ3) is 4.01. The number of halogens is 2. The van der Waals surface area contributed by atoms with Crippen LogP contribution in [0.5, 0.6) is 0 Å². The Balaban J connectivity index is 1.64. The largest absolute Gasteiger partial charge is 0.422 e. The molecular weight excluding hydrogens is 427 g/mol. The Morgan fingerprint density at radius 2 is 1.93 bits per heavy atom. The van der Waals surface area contributed by atoms with Crippen molar-refractivity contribution in [2.45, 2.75) is 13.8 Å². The fourth-order valence-electron chi connectivity index (χ4n) is 3.11. The van der Waals surface area contributed by atoms with Crippen LogP contribution in [0.15, 0.2) is 51.7 Å². The Hall–Kier alpha value is -2.97. The highest BCUT2D eigenvalue weighted by Gasteiger charge is 2.15. The van der Waals surface area contributed by atoms with Crippen LogP contribution in [0.4, 0.5) is 20.9 Å². The van der Waals surface area contributed by atoms with E-state index in [1.807, 2.05) is 18.2 Å². The van der Waals surface area contributed by atoms with E-state index in [-0.39, 0.29) is 5.02 Å². The molecule has 0 fully saturated rings. The van der Waals surface area contributed by atoms with Crippen molar-refractivity contribution < 1.29 is 8.81 Å². The molecule has 0 unspecified atom stereocenters. The van der Waals surface area contributed by atoms with Gasteiger partial charge in [-0.1, -0.05) is 22.9 Å². The Bertz CT molecular complexity index is 1270. The second kappa shape index (κ2) is 8.41. The Kier molecular flexibility index (Phi) is 5.69. The molecule has 4 rings (SSSR count). The maximum atomic E-state index is 13.3. The first-order valence-electron chi connectivity index (χ1n) is 9.37. The molecule has 0 atom stereocenters. The summed E-state index contributed by atoms with van der Waals surface area (Å²) in [5, 5.41) is 12.8. The molecule has 0 aliphatic rings. The first kappa shape index (κ1) is 20.3. The molecule has 0 amide bonds. The second-order valence-electron chi connectivity index (χ2n) is 6.51. The fourth-order valence-corrected chi connectivity index (χ4v) is 4.06. The van der Waals surface area contributed by atoms with Gasteiger partial charge < -0.3 is 14.6 Å². The lowest BCUT2D eigenvalue weighted by Crippen LogP contribution is -2.21. The zero-order valence-electron chi connectivity index (χ0n) is 16.3. The van der Waals surface area contributed by atoms with Crippen molar-refractivity contribution in [1.29, 1.82) is 0 Å². The molecule has 0 aliphatic heterocycles. The summed E-state index contributed by atoms with van der Waals surface area (Å²) in [6.07, 6.45) is 0. The molecule has 2 aromatic heterocycles. The van der Waals surface area contributed by atoms with Gasteiger partial charge in [-0.2, -0.15) is 0 Å². The average Bonchev–Trinajstić information content (AvgIpc) is 3.19. The minimum atomic E-state index is -0.502. The normalized spacial score (nSPS) is 11.1. The number of anilines is 3. The van der Waals surface area contributed by atoms with Crippen molar-refractivity contribution >= 4 is 50.4 Å². The van der Waals surface area contributed by atoms with Crippen LogP contribution in [0, 0.1) is 5.82 Å². The van der Waals surface area contributed by atoms with Crippen molar-refractivity contribution in [3.05, 3.63) is 63.7 Å². The molecular formula is C21H18ClFN4O2S. The molecule has 0 saturated carbocycles. The molecule has 0 spiro atoms. The summed E-state index contributed by atoms with van der Waals surface area (Å²) in [5.74, 6) is -0.502. The minimum Gasteiger partial charge on any atom is -0.422 e. The van der Waals surface area contributed by atoms with Crippen LogP contribution in [0.1, 0.15) is 13.8 Å². The molecule has 30 heavy (non-hydrogen) atoms. The maximum Gasteiger partial charge on any atom is 0.346 e. The summed E-state index contributed by atoms with van der Waals surface area (Å²) in [6.45, 7) is 5.89. The zero-order chi connectivity index (χ0) is 21.3. The van der Waals surface area contributed by atoms with E-state index < -0.39 is 11.4 Å². The lowest BCUT2D eigenvalue weighted by molar-refractivity contribution is 0.563. The predicted molar refractivity (Wildman–Crippen MR) is 120 cm³/mol. The lowest BCUT2D eigenvalue weighted by atomic mass is 10.1. The topological polar surface area (TPSA) is 71.3 Å². The quantitative estimate of drug-likeness (QED) is 0.385. The van der Waals surface area contributed by atoms with Gasteiger partial charge in [-0.05, 0) is 50.2 Å². The van der Waals surface area contributed by atoms with E-state index in [4.69, 9.17) is 16.0 Å². The highest BCUT2D eigenvalue weighted by molar-refractivity contribution is 7.18. The molecule has 0 aliphatic carbocycles. The molecule has 4 aromatic rings. The van der Waals surface area contributed by atoms with Gasteiger partial charge in [0.15, 0.2) is 5.01 Å². The molecule has 0 radical (unpaired) electrons. The van der Waals surface area contributed by atoms with Gasteiger partial charge in [-0.15, -0.1) is 10.2 Å². The number of benzene rings is 2. The van der Waals surface area contributed by atoms with Crippen LogP contribution in [0.25, 0.3) is 21.5 Å². The summed E-state index contributed by atoms with van der Waals surface area (Å²) < 4.78 is 18.9. The summed E-state index contributed by atoms with van der Waals surface area (Å²) in [6, 6.07) is 11.8. The van der Waals surface area contributed by atoms with Gasteiger partial charge in [0.25, 0.3) is 0 Å². The molecule has 154 valence electrons. The van der Waals surface area contributed by atoms with Crippen molar-refractivity contribution in [3.63, 3.8) is 0 Å². The predicted octanol–water partition coefficient (Wildman–Crippen LogP) is 5.69. The first-order chi connectivity index (χ1) is 14.5. The molecule has 0 bridgehead atoms. The van der Waals surface area contributed by atoms with Gasteiger partial charge in [-0.3, -0.25) is 0 Å². The summed E-state index contributed by atoms with van der Waals surface area (Å²) in [4.78, 5) is 14.8. The second-order valence-corrected chi connectivity index (χ2v) is 7.89. The number of nitrogens with one attached hydrogen (secondary N) is 1. The van der Waals surface area contributed by atoms with Gasteiger partial charge in [0.1, 0.15) is 11.4 Å². The highest BCUT2D eigenvalue weighted by Crippen LogP contribution is 2.30. The number of nitrogens with zero attached hydrogens (tertiary/aromatic N) is 3. The van der Waals surface area contributed by atoms with Crippen molar-refractivity contribution in [2.75, 3.05) is 23.3 Å². The van der Waals surface area contributed by atoms with Crippen molar-refractivity contribution in [1.82, 2.24) is 10.2 Å². The van der Waals surface area contributed by atoms with Crippen LogP contribution in [0.3, 0.4) is 0 Å². The van der Waals surface area contributed by atoms with E-state index in [1.54, 1.807) is 12.1 Å². The number of fused-ring (bicyclic) bond motifs is 1. The average molecular weight is 445 g/mol. The van der Waals surface area contributed by atoms with Crippen molar-refractivity contribution in [3.8, 4) is 10.6 Å². The molecule has 0 saturated heterocycles. The van der Waals surface area contributed by atoms with Gasteiger partial charge in [-0.25, -0.2) is 9.18 Å². The first-order valence-corrected chi connectivity index (χ1v) is 10.6. The standard InChI is InChI=1S/C21H18ClFN4O2S/c1-3-27(4-2)14-7-5-12-9-15(20(28)29-18(12)11-14)19-25-26-21(30-19)24-13-6-8-17(23)16(22)10-13/h5-11H,3-4H2,1-2H3,(H,24,26). The van der Waals surface area contributed by atoms with Gasteiger partial charge in [0, 0.05) is 35.9 Å². The molecule has 1 N–H and O–H groups in total. The van der Waals surface area contributed by atoms with E-state index in [1.165, 1.54) is 23.5 Å². The van der Waals surface area contributed by atoms with E-state index >= 15 is 0 Å². The smallest absolute Gasteiger partial charge is 0.346 e. The van der Waals surface area contributed by atoms with Gasteiger partial charge in [0.2, 0.25) is 5.13 Å². The van der Waals surface area contributed by atoms with Gasteiger partial charge >= 0.3 is 5.63 Å². The molecule has 2 heterocycles. The summed E-state index contributed by atoms with van der Waals surface area (Å²) in [7, 11) is 0. The number of rotatable bonds is 6.